The Hall–Kier alpha value is -2.25. The van der Waals surface area contributed by atoms with Crippen molar-refractivity contribution in [3.63, 3.8) is 0 Å². The quantitative estimate of drug-likeness (QED) is 0.671. The fraction of sp³-hybridized carbons (Fsp3) is 0.571. The van der Waals surface area contributed by atoms with Crippen molar-refractivity contribution in [3.05, 3.63) is 34.9 Å². The Labute approximate surface area is 164 Å². The molecule has 5 rings (SSSR count). The van der Waals surface area contributed by atoms with Crippen LogP contribution in [0.15, 0.2) is 18.2 Å². The zero-order valence-corrected chi connectivity index (χ0v) is 15.9. The summed E-state index contributed by atoms with van der Waals surface area (Å²) in [5.41, 5.74) is 3.01. The van der Waals surface area contributed by atoms with Crippen LogP contribution in [0.1, 0.15) is 60.0 Å². The third kappa shape index (κ3) is 2.76. The van der Waals surface area contributed by atoms with Crippen LogP contribution in [0.4, 0.5) is 0 Å². The number of nitrogens with zero attached hydrogens (tertiary/aromatic N) is 1. The number of hydrogen-bond acceptors (Lipinski definition) is 5. The number of fused-ring (bicyclic) bond motifs is 2. The summed E-state index contributed by atoms with van der Waals surface area (Å²) in [5.74, 6) is -0.724. The third-order valence-electron chi connectivity index (χ3n) is 7.05. The Morgan fingerprint density at radius 3 is 2.93 bits per heavy atom. The lowest BCUT2D eigenvalue weighted by Gasteiger charge is -2.31. The molecule has 7 heteroatoms. The van der Waals surface area contributed by atoms with Crippen LogP contribution in [0.25, 0.3) is 0 Å². The van der Waals surface area contributed by atoms with Crippen molar-refractivity contribution in [2.45, 2.75) is 69.2 Å². The van der Waals surface area contributed by atoms with E-state index in [1.54, 1.807) is 4.90 Å². The van der Waals surface area contributed by atoms with Gasteiger partial charge in [0.2, 0.25) is 11.8 Å². The van der Waals surface area contributed by atoms with Gasteiger partial charge < -0.3 is 15.5 Å². The third-order valence-corrected chi connectivity index (χ3v) is 7.05. The molecule has 1 aromatic carbocycles. The first-order valence-electron chi connectivity index (χ1n) is 10.3. The topological polar surface area (TPSA) is 90.5 Å². The molecule has 3 N–H and O–H groups in total. The Morgan fingerprint density at radius 2 is 2.07 bits per heavy atom. The molecule has 0 radical (unpaired) electrons. The maximum absolute atomic E-state index is 12.9. The summed E-state index contributed by atoms with van der Waals surface area (Å²) in [6.07, 6.45) is 5.49. The standard InChI is InChI=1S/C21H26N4O3/c26-18-7-6-16(19(27)24-18)25-12-15-13(3-1-4-14(15)20(25)28)11-23-21-8-2-5-17(21)22-10-9-21/h1,3-4,16-17,22-23H,2,5-12H2,(H,24,26,27). The van der Waals surface area contributed by atoms with Crippen molar-refractivity contribution in [1.29, 1.82) is 0 Å². The summed E-state index contributed by atoms with van der Waals surface area (Å²) in [5, 5.41) is 9.79. The second kappa shape index (κ2) is 6.67. The second-order valence-electron chi connectivity index (χ2n) is 8.50. The molecule has 3 unspecified atom stereocenters. The van der Waals surface area contributed by atoms with Crippen LogP contribution in [0.5, 0.6) is 0 Å². The van der Waals surface area contributed by atoms with E-state index in [0.29, 0.717) is 24.6 Å². The number of carbonyl (C=O) groups excluding carboxylic acids is 3. The van der Waals surface area contributed by atoms with Gasteiger partial charge in [0.1, 0.15) is 6.04 Å². The van der Waals surface area contributed by atoms with E-state index in [4.69, 9.17) is 0 Å². The van der Waals surface area contributed by atoms with Gasteiger partial charge in [0.25, 0.3) is 5.91 Å². The normalized spacial score (nSPS) is 31.9. The van der Waals surface area contributed by atoms with Gasteiger partial charge in [-0.3, -0.25) is 19.7 Å². The molecule has 148 valence electrons. The molecule has 3 atom stereocenters. The first-order valence-corrected chi connectivity index (χ1v) is 10.3. The maximum Gasteiger partial charge on any atom is 0.255 e. The zero-order chi connectivity index (χ0) is 19.3. The number of imide groups is 1. The van der Waals surface area contributed by atoms with Gasteiger partial charge in [-0.05, 0) is 55.8 Å². The van der Waals surface area contributed by atoms with Crippen molar-refractivity contribution >= 4 is 17.7 Å². The Morgan fingerprint density at radius 1 is 1.18 bits per heavy atom. The largest absolute Gasteiger partial charge is 0.322 e. The van der Waals surface area contributed by atoms with Gasteiger partial charge >= 0.3 is 0 Å². The van der Waals surface area contributed by atoms with Gasteiger partial charge in [0.05, 0.1) is 0 Å². The lowest BCUT2D eigenvalue weighted by Crippen LogP contribution is -2.52. The molecule has 3 amide bonds. The highest BCUT2D eigenvalue weighted by atomic mass is 16.2. The van der Waals surface area contributed by atoms with Crippen molar-refractivity contribution in [1.82, 2.24) is 20.9 Å². The number of piperidine rings is 1. The number of carbonyl (C=O) groups is 3. The Kier molecular flexibility index (Phi) is 4.25. The molecule has 28 heavy (non-hydrogen) atoms. The first-order chi connectivity index (χ1) is 13.6. The summed E-state index contributed by atoms with van der Waals surface area (Å²) < 4.78 is 0. The van der Waals surface area contributed by atoms with Crippen molar-refractivity contribution in [2.24, 2.45) is 0 Å². The van der Waals surface area contributed by atoms with E-state index in [1.807, 2.05) is 12.1 Å². The molecule has 0 spiro atoms. The number of benzene rings is 1. The van der Waals surface area contributed by atoms with Crippen LogP contribution in [-0.2, 0) is 22.7 Å². The Bertz CT molecular complexity index is 842. The highest BCUT2D eigenvalue weighted by Crippen LogP contribution is 2.37. The molecule has 0 bridgehead atoms. The summed E-state index contributed by atoms with van der Waals surface area (Å²) in [7, 11) is 0. The summed E-state index contributed by atoms with van der Waals surface area (Å²) >= 11 is 0. The van der Waals surface area contributed by atoms with Crippen molar-refractivity contribution in [2.75, 3.05) is 6.54 Å². The molecule has 3 heterocycles. The van der Waals surface area contributed by atoms with Crippen molar-refractivity contribution in [3.8, 4) is 0 Å². The fourth-order valence-electron chi connectivity index (χ4n) is 5.52. The van der Waals surface area contributed by atoms with E-state index in [-0.39, 0.29) is 29.7 Å². The first kappa shape index (κ1) is 17.8. The smallest absolute Gasteiger partial charge is 0.255 e. The molecule has 7 nitrogen and oxygen atoms in total. The number of nitrogens with one attached hydrogen (secondary N) is 3. The minimum atomic E-state index is -0.560. The van der Waals surface area contributed by atoms with Crippen LogP contribution in [0, 0.1) is 0 Å². The molecular weight excluding hydrogens is 356 g/mol. The van der Waals surface area contributed by atoms with E-state index in [2.05, 4.69) is 22.0 Å². The lowest BCUT2D eigenvalue weighted by atomic mass is 9.92. The highest BCUT2D eigenvalue weighted by Gasteiger charge is 2.46. The minimum Gasteiger partial charge on any atom is -0.322 e. The molecule has 1 aromatic rings. The molecule has 4 aliphatic rings. The van der Waals surface area contributed by atoms with E-state index < -0.39 is 6.04 Å². The van der Waals surface area contributed by atoms with Crippen LogP contribution in [0.2, 0.25) is 0 Å². The van der Waals surface area contributed by atoms with Gasteiger partial charge in [-0.25, -0.2) is 0 Å². The van der Waals surface area contributed by atoms with E-state index in [1.165, 1.54) is 19.3 Å². The number of amides is 3. The van der Waals surface area contributed by atoms with Gasteiger partial charge in [-0.1, -0.05) is 12.1 Å². The van der Waals surface area contributed by atoms with E-state index >= 15 is 0 Å². The van der Waals surface area contributed by atoms with Crippen LogP contribution in [0.3, 0.4) is 0 Å². The van der Waals surface area contributed by atoms with Crippen LogP contribution in [-0.4, -0.2) is 46.8 Å². The molecule has 3 fully saturated rings. The average molecular weight is 382 g/mol. The fourth-order valence-corrected chi connectivity index (χ4v) is 5.52. The zero-order valence-electron chi connectivity index (χ0n) is 15.9. The molecule has 1 saturated carbocycles. The Balaban J connectivity index is 1.35. The van der Waals surface area contributed by atoms with E-state index in [0.717, 1.165) is 30.6 Å². The van der Waals surface area contributed by atoms with Crippen molar-refractivity contribution < 1.29 is 14.4 Å². The summed E-state index contributed by atoms with van der Waals surface area (Å²) in [4.78, 5) is 38.3. The summed E-state index contributed by atoms with van der Waals surface area (Å²) in [6, 6.07) is 5.84. The molecule has 2 saturated heterocycles. The predicted octanol–water partition coefficient (Wildman–Crippen LogP) is 0.822. The maximum atomic E-state index is 12.9. The SMILES string of the molecule is O=C1CCC(N2Cc3c(CNC45CCCC4NCC5)cccc3C2=O)C(=O)N1. The molecule has 1 aliphatic carbocycles. The highest BCUT2D eigenvalue weighted by molar-refractivity contribution is 6.05. The molecule has 3 aliphatic heterocycles. The monoisotopic (exact) mass is 382 g/mol. The van der Waals surface area contributed by atoms with Crippen LogP contribution >= 0.6 is 0 Å². The molecular formula is C21H26N4O3. The number of hydrogen-bond donors (Lipinski definition) is 3. The van der Waals surface area contributed by atoms with E-state index in [9.17, 15) is 14.4 Å². The molecule has 0 aromatic heterocycles. The van der Waals surface area contributed by atoms with Gasteiger partial charge in [-0.15, -0.1) is 0 Å². The van der Waals surface area contributed by atoms with Gasteiger partial charge in [-0.2, -0.15) is 0 Å². The number of rotatable bonds is 4. The van der Waals surface area contributed by atoms with Gasteiger partial charge in [0, 0.05) is 36.7 Å². The second-order valence-corrected chi connectivity index (χ2v) is 8.50. The average Bonchev–Trinajstić information content (AvgIpc) is 3.33. The summed E-state index contributed by atoms with van der Waals surface area (Å²) in [6.45, 7) is 2.23. The van der Waals surface area contributed by atoms with Crippen LogP contribution < -0.4 is 16.0 Å². The predicted molar refractivity (Wildman–Crippen MR) is 102 cm³/mol. The lowest BCUT2D eigenvalue weighted by molar-refractivity contribution is -0.136. The van der Waals surface area contributed by atoms with Gasteiger partial charge in [0.15, 0.2) is 0 Å². The minimum absolute atomic E-state index is 0.106.